The Hall–Kier alpha value is -7.76. The molecule has 0 saturated carbocycles. The van der Waals surface area contributed by atoms with Gasteiger partial charge in [0.1, 0.15) is 34.5 Å². The van der Waals surface area contributed by atoms with Gasteiger partial charge in [-0.3, -0.25) is 0 Å². The van der Waals surface area contributed by atoms with E-state index in [0.29, 0.717) is 0 Å². The molecule has 278 valence electrons. The van der Waals surface area contributed by atoms with Crippen molar-refractivity contribution in [3.63, 3.8) is 0 Å². The highest BCUT2D eigenvalue weighted by atomic mass is 16.5. The first kappa shape index (κ1) is 32.3. The van der Waals surface area contributed by atoms with Gasteiger partial charge in [-0.2, -0.15) is 0 Å². The van der Waals surface area contributed by atoms with E-state index >= 15 is 0 Å². The normalized spacial score (nSPS) is 14.5. The summed E-state index contributed by atoms with van der Waals surface area (Å²) in [6, 6.07) is 60.2. The van der Waals surface area contributed by atoms with E-state index in [4.69, 9.17) is 22.4 Å². The maximum absolute atomic E-state index is 6.87. The quantitative estimate of drug-likeness (QED) is 0.179. The van der Waals surface area contributed by atoms with Crippen molar-refractivity contribution in [2.45, 2.75) is 10.8 Å². The molecule has 5 heterocycles. The zero-order valence-corrected chi connectivity index (χ0v) is 31.5. The van der Waals surface area contributed by atoms with Crippen molar-refractivity contribution >= 4 is 0 Å². The van der Waals surface area contributed by atoms with Gasteiger partial charge in [-0.05, 0) is 129 Å². The minimum absolute atomic E-state index is 0.750. The summed E-state index contributed by atoms with van der Waals surface area (Å²) in [5.41, 5.74) is 13.5. The largest absolute Gasteiger partial charge is 0.464 e. The average Bonchev–Trinajstić information content (AvgIpc) is 4.16. The van der Waals surface area contributed by atoms with Crippen LogP contribution in [0.25, 0.3) is 56.4 Å². The lowest BCUT2D eigenvalue weighted by molar-refractivity contribution is 0.429. The summed E-state index contributed by atoms with van der Waals surface area (Å²) in [6.07, 6.45) is 6.96. The lowest BCUT2D eigenvalue weighted by Crippen LogP contribution is -2.46. The van der Waals surface area contributed by atoms with Crippen LogP contribution in [-0.4, -0.2) is 0 Å². The van der Waals surface area contributed by atoms with Crippen LogP contribution in [0.2, 0.25) is 0 Å². The highest BCUT2D eigenvalue weighted by Gasteiger charge is 2.59. The monoisotopic (exact) mass is 760 g/mol. The van der Waals surface area contributed by atoms with Crippen molar-refractivity contribution in [2.24, 2.45) is 0 Å². The molecule has 2 aliphatic carbocycles. The molecule has 59 heavy (non-hydrogen) atoms. The maximum atomic E-state index is 6.87. The summed E-state index contributed by atoms with van der Waals surface area (Å²) >= 11 is 0. The minimum atomic E-state index is -0.889. The lowest BCUT2D eigenvalue weighted by Gasteiger charge is -2.52. The van der Waals surface area contributed by atoms with Crippen LogP contribution < -0.4 is 4.74 Å². The Morgan fingerprint density at radius 1 is 0.254 bits per heavy atom. The fraction of sp³-hybridized carbons (Fsp3) is 0.0370. The lowest BCUT2D eigenvalue weighted by atomic mass is 9.50. The molecule has 0 fully saturated rings. The molecule has 0 atom stereocenters. The summed E-state index contributed by atoms with van der Waals surface area (Å²) < 4.78 is 32.1. The average molecular weight is 761 g/mol. The molecule has 0 amide bonds. The summed E-state index contributed by atoms with van der Waals surface area (Å²) in [5.74, 6) is 4.61. The van der Waals surface area contributed by atoms with Gasteiger partial charge in [0.15, 0.2) is 0 Å². The number of furan rings is 4. The van der Waals surface area contributed by atoms with Crippen LogP contribution in [0.15, 0.2) is 213 Å². The Morgan fingerprint density at radius 3 is 0.898 bits per heavy atom. The third kappa shape index (κ3) is 4.13. The number of fused-ring (bicyclic) bond motifs is 15. The van der Waals surface area contributed by atoms with E-state index < -0.39 is 10.8 Å². The number of hydrogen-bond acceptors (Lipinski definition) is 5. The highest BCUT2D eigenvalue weighted by molar-refractivity contribution is 5.95. The first-order chi connectivity index (χ1) is 29.3. The molecule has 10 aromatic rings. The van der Waals surface area contributed by atoms with Crippen molar-refractivity contribution in [3.05, 3.63) is 239 Å². The first-order valence-electron chi connectivity index (χ1n) is 19.9. The fourth-order valence-corrected chi connectivity index (χ4v) is 10.7. The third-order valence-corrected chi connectivity index (χ3v) is 12.8. The fourth-order valence-electron chi connectivity index (χ4n) is 10.7. The Morgan fingerprint density at radius 2 is 0.559 bits per heavy atom. The van der Waals surface area contributed by atoms with Crippen molar-refractivity contribution in [3.8, 4) is 67.9 Å². The smallest absolute Gasteiger partial charge is 0.134 e. The summed E-state index contributed by atoms with van der Waals surface area (Å²) in [5, 5.41) is 0. The Bertz CT molecular complexity index is 3020. The zero-order valence-electron chi connectivity index (χ0n) is 31.5. The molecule has 13 rings (SSSR count). The van der Waals surface area contributed by atoms with Crippen LogP contribution in [-0.2, 0) is 10.8 Å². The minimum Gasteiger partial charge on any atom is -0.464 e. The van der Waals surface area contributed by atoms with Gasteiger partial charge in [-0.25, -0.2) is 0 Å². The molecule has 5 heteroatoms. The van der Waals surface area contributed by atoms with E-state index in [2.05, 4.69) is 121 Å². The van der Waals surface area contributed by atoms with Crippen LogP contribution in [0.5, 0.6) is 11.5 Å². The number of benzene rings is 6. The Labute approximate surface area is 339 Å². The molecule has 1 aliphatic heterocycles. The molecule has 0 bridgehead atoms. The topological polar surface area (TPSA) is 61.8 Å². The van der Waals surface area contributed by atoms with Gasteiger partial charge in [0.2, 0.25) is 0 Å². The van der Waals surface area contributed by atoms with Crippen LogP contribution in [0, 0.1) is 0 Å². The molecular formula is C54H32O5. The van der Waals surface area contributed by atoms with Gasteiger partial charge in [-0.15, -0.1) is 0 Å². The van der Waals surface area contributed by atoms with Crippen molar-refractivity contribution in [1.29, 1.82) is 0 Å². The van der Waals surface area contributed by atoms with Gasteiger partial charge < -0.3 is 22.4 Å². The van der Waals surface area contributed by atoms with Crippen molar-refractivity contribution in [1.82, 2.24) is 0 Å². The molecule has 0 saturated heterocycles. The molecule has 2 spiro atoms. The van der Waals surface area contributed by atoms with Crippen LogP contribution in [0.1, 0.15) is 44.5 Å². The Kier molecular flexibility index (Phi) is 6.51. The molecule has 0 N–H and O–H groups in total. The molecule has 3 aliphatic rings. The Balaban J connectivity index is 1.32. The number of para-hydroxylation sites is 2. The molecule has 0 unspecified atom stereocenters. The van der Waals surface area contributed by atoms with E-state index in [1.54, 1.807) is 25.1 Å². The van der Waals surface area contributed by atoms with E-state index in [0.717, 1.165) is 90.2 Å². The predicted molar refractivity (Wildman–Crippen MR) is 226 cm³/mol. The molecular weight excluding hydrogens is 729 g/mol. The van der Waals surface area contributed by atoms with Crippen LogP contribution >= 0.6 is 0 Å². The van der Waals surface area contributed by atoms with E-state index in [9.17, 15) is 0 Å². The summed E-state index contributed by atoms with van der Waals surface area (Å²) in [7, 11) is 0. The summed E-state index contributed by atoms with van der Waals surface area (Å²) in [4.78, 5) is 0. The second-order valence-corrected chi connectivity index (χ2v) is 15.5. The molecule has 5 nitrogen and oxygen atoms in total. The maximum Gasteiger partial charge on any atom is 0.134 e. The number of hydrogen-bond donors (Lipinski definition) is 0. The van der Waals surface area contributed by atoms with Crippen LogP contribution in [0.3, 0.4) is 0 Å². The van der Waals surface area contributed by atoms with E-state index in [-0.39, 0.29) is 0 Å². The second kappa shape index (κ2) is 11.9. The summed E-state index contributed by atoms with van der Waals surface area (Å²) in [6.45, 7) is 0. The number of rotatable bonds is 4. The van der Waals surface area contributed by atoms with Gasteiger partial charge >= 0.3 is 0 Å². The van der Waals surface area contributed by atoms with E-state index in [1.165, 1.54) is 22.3 Å². The standard InChI is InChI=1S/C54H32O5/c1-3-15-39-33(13-1)34-14-2-4-16-40(34)53(39)43-29-35(47-21-9-25-55-47)37(49-23-11-27-57-49)31-45(43)54(41-17-5-7-19-51(41)59-52-20-8-6-18-42(52)54)46-32-38(50-24-12-28-58-50)36(30-44(46)53)48-22-10-26-56-48/h1-32H. The van der Waals surface area contributed by atoms with E-state index in [1.807, 2.05) is 48.5 Å². The van der Waals surface area contributed by atoms with Gasteiger partial charge in [0, 0.05) is 33.4 Å². The predicted octanol–water partition coefficient (Wildman–Crippen LogP) is 13.9. The SMILES string of the molecule is c1coc(-c2cc3c(cc2-c2ccco2)C2(c4ccccc4-c4ccccc42)c2cc(-c4ccco4)c(-c4ccco4)cc2C32c3ccccc3Oc3ccccc32)c1. The van der Waals surface area contributed by atoms with Crippen molar-refractivity contribution in [2.75, 3.05) is 0 Å². The number of ether oxygens (including phenoxy) is 1. The highest BCUT2D eigenvalue weighted by Crippen LogP contribution is 2.68. The molecule has 6 aromatic carbocycles. The molecule has 4 aromatic heterocycles. The molecule has 0 radical (unpaired) electrons. The first-order valence-corrected chi connectivity index (χ1v) is 19.9. The van der Waals surface area contributed by atoms with Gasteiger partial charge in [0.25, 0.3) is 0 Å². The van der Waals surface area contributed by atoms with Gasteiger partial charge in [-0.1, -0.05) is 84.9 Å². The third-order valence-electron chi connectivity index (χ3n) is 12.8. The van der Waals surface area contributed by atoms with Crippen molar-refractivity contribution < 1.29 is 22.4 Å². The second-order valence-electron chi connectivity index (χ2n) is 15.5. The van der Waals surface area contributed by atoms with Gasteiger partial charge in [0.05, 0.1) is 35.9 Å². The zero-order chi connectivity index (χ0) is 38.7. The van der Waals surface area contributed by atoms with Crippen LogP contribution in [0.4, 0.5) is 0 Å².